The van der Waals surface area contributed by atoms with Gasteiger partial charge in [-0.25, -0.2) is 14.4 Å². The van der Waals surface area contributed by atoms with E-state index in [9.17, 15) is 14.4 Å². The van der Waals surface area contributed by atoms with Crippen molar-refractivity contribution in [2.75, 3.05) is 49.1 Å². The quantitative estimate of drug-likeness (QED) is 0.169. The summed E-state index contributed by atoms with van der Waals surface area (Å²) in [5, 5.41) is 11.1. The monoisotopic (exact) mass is 837 g/mol. The molecule has 10 rings (SSSR count). The zero-order valence-corrected chi connectivity index (χ0v) is 35.4. The number of piperidine rings is 4. The van der Waals surface area contributed by atoms with Crippen LogP contribution in [0, 0.1) is 11.7 Å². The van der Waals surface area contributed by atoms with Crippen LogP contribution in [0.4, 0.5) is 15.9 Å². The van der Waals surface area contributed by atoms with Gasteiger partial charge in [0.25, 0.3) is 5.91 Å². The van der Waals surface area contributed by atoms with E-state index in [0.717, 1.165) is 124 Å². The molecule has 1 aliphatic carbocycles. The zero-order valence-electron chi connectivity index (χ0n) is 35.4. The molecule has 14 nitrogen and oxygen atoms in total. The number of aromatic amines is 1. The van der Waals surface area contributed by atoms with E-state index in [-0.39, 0.29) is 63.2 Å². The fourth-order valence-corrected chi connectivity index (χ4v) is 10.3. The normalized spacial score (nSPS) is 24.7. The second-order valence-corrected chi connectivity index (χ2v) is 19.0. The first kappa shape index (κ1) is 40.0. The minimum atomic E-state index is -0.761. The molecule has 2 atom stereocenters. The highest BCUT2D eigenvalue weighted by Crippen LogP contribution is 2.41. The summed E-state index contributed by atoms with van der Waals surface area (Å²) in [5.41, 5.74) is 3.66. The van der Waals surface area contributed by atoms with E-state index in [4.69, 9.17) is 9.47 Å². The van der Waals surface area contributed by atoms with Crippen molar-refractivity contribution in [1.29, 1.82) is 0 Å². The second kappa shape index (κ2) is 15.6. The molecule has 7 heterocycles. The Morgan fingerprint density at radius 1 is 0.885 bits per heavy atom. The van der Waals surface area contributed by atoms with Gasteiger partial charge in [0.2, 0.25) is 11.8 Å². The number of benzene rings is 2. The van der Waals surface area contributed by atoms with Crippen molar-refractivity contribution in [3.63, 3.8) is 0 Å². The average Bonchev–Trinajstić information content (AvgIpc) is 3.66. The number of amides is 3. The van der Waals surface area contributed by atoms with Crippen LogP contribution < -0.4 is 19.9 Å². The first-order valence-electron chi connectivity index (χ1n) is 22.3. The van der Waals surface area contributed by atoms with Crippen LogP contribution in [0.2, 0.25) is 0 Å². The van der Waals surface area contributed by atoms with Gasteiger partial charge < -0.3 is 24.2 Å². The fourth-order valence-electron chi connectivity index (χ4n) is 10.3. The summed E-state index contributed by atoms with van der Waals surface area (Å²) in [5.74, 6) is 0.711. The molecular formula is C46H60FN9O5. The number of imide groups is 1. The summed E-state index contributed by atoms with van der Waals surface area (Å²) in [4.78, 5) is 55.1. The lowest BCUT2D eigenvalue weighted by molar-refractivity contribution is -0.136. The van der Waals surface area contributed by atoms with Gasteiger partial charge in [0.15, 0.2) is 5.82 Å². The van der Waals surface area contributed by atoms with E-state index in [2.05, 4.69) is 67.0 Å². The summed E-state index contributed by atoms with van der Waals surface area (Å²) in [6.07, 6.45) is 10.5. The Balaban J connectivity index is 0.00000272. The number of halogens is 1. The van der Waals surface area contributed by atoms with Gasteiger partial charge in [-0.05, 0) is 115 Å². The number of nitrogens with zero attached hydrogens (tertiary/aromatic N) is 7. The van der Waals surface area contributed by atoms with Gasteiger partial charge in [-0.15, -0.1) is 0 Å². The molecule has 0 spiro atoms. The SMILES string of the molecule is CC1(Oc2ccc3[nH]nc(-c4cc(N5CCC(O[C@@H]6CCN(CC7CCN(c8ccc9c(c8F)CN(C8CCC(=O)NC8=O)C9=O)CC7)C(C)(C)C6)CC5)ncn4)c3c2)CC1.[HH].[HH]. The molecule has 4 aromatic rings. The van der Waals surface area contributed by atoms with E-state index in [1.54, 1.807) is 18.5 Å². The molecule has 326 valence electrons. The molecule has 4 saturated heterocycles. The topological polar surface area (TPSA) is 149 Å². The fraction of sp³-hybridized carbons (Fsp3) is 0.565. The molecule has 0 bridgehead atoms. The summed E-state index contributed by atoms with van der Waals surface area (Å²) >= 11 is 0. The average molecular weight is 838 g/mol. The molecule has 2 N–H and O–H groups in total. The Morgan fingerprint density at radius 3 is 2.41 bits per heavy atom. The summed E-state index contributed by atoms with van der Waals surface area (Å²) in [6.45, 7) is 12.1. The van der Waals surface area contributed by atoms with Crippen molar-refractivity contribution in [3.8, 4) is 17.1 Å². The van der Waals surface area contributed by atoms with Gasteiger partial charge in [-0.3, -0.25) is 29.7 Å². The minimum Gasteiger partial charge on any atom is -0.488 e. The van der Waals surface area contributed by atoms with Gasteiger partial charge in [-0.2, -0.15) is 5.10 Å². The highest BCUT2D eigenvalue weighted by molar-refractivity contribution is 6.05. The van der Waals surface area contributed by atoms with Gasteiger partial charge in [0.1, 0.15) is 35.2 Å². The van der Waals surface area contributed by atoms with Crippen molar-refractivity contribution in [2.45, 2.75) is 121 Å². The van der Waals surface area contributed by atoms with E-state index >= 15 is 4.39 Å². The predicted octanol–water partition coefficient (Wildman–Crippen LogP) is 6.49. The van der Waals surface area contributed by atoms with Crippen LogP contribution in [-0.4, -0.2) is 116 Å². The van der Waals surface area contributed by atoms with Crippen LogP contribution in [0.1, 0.15) is 104 Å². The third-order valence-corrected chi connectivity index (χ3v) is 14.3. The number of likely N-dealkylation sites (tertiary alicyclic amines) is 1. The number of fused-ring (bicyclic) bond motifs is 2. The van der Waals surface area contributed by atoms with Crippen LogP contribution in [-0.2, 0) is 20.9 Å². The molecule has 1 unspecified atom stereocenters. The molecule has 61 heavy (non-hydrogen) atoms. The maximum Gasteiger partial charge on any atom is 0.255 e. The highest BCUT2D eigenvalue weighted by Gasteiger charge is 2.43. The number of carbonyl (C=O) groups excluding carboxylic acids is 3. The molecule has 6 aliphatic rings. The molecule has 1 saturated carbocycles. The number of rotatable bonds is 10. The Kier molecular flexibility index (Phi) is 10.2. The zero-order chi connectivity index (χ0) is 42.0. The molecule has 0 radical (unpaired) electrons. The summed E-state index contributed by atoms with van der Waals surface area (Å²) < 4.78 is 29.1. The van der Waals surface area contributed by atoms with Gasteiger partial charge in [0.05, 0.1) is 35.7 Å². The van der Waals surface area contributed by atoms with E-state index < -0.39 is 11.9 Å². The Bertz CT molecular complexity index is 2360. The highest BCUT2D eigenvalue weighted by atomic mass is 19.1. The lowest BCUT2D eigenvalue weighted by Crippen LogP contribution is -2.54. The first-order valence-corrected chi connectivity index (χ1v) is 22.3. The minimum absolute atomic E-state index is 0. The lowest BCUT2D eigenvalue weighted by atomic mass is 9.85. The second-order valence-electron chi connectivity index (χ2n) is 19.0. The number of ether oxygens (including phenoxy) is 2. The predicted molar refractivity (Wildman–Crippen MR) is 232 cm³/mol. The van der Waals surface area contributed by atoms with Crippen LogP contribution >= 0.6 is 0 Å². The number of carbonyl (C=O) groups is 3. The number of hydrogen-bond donors (Lipinski definition) is 2. The number of H-pyrrole nitrogens is 1. The van der Waals surface area contributed by atoms with E-state index in [1.165, 1.54) is 4.90 Å². The molecule has 15 heteroatoms. The van der Waals surface area contributed by atoms with Crippen LogP contribution in [0.25, 0.3) is 22.3 Å². The maximum absolute atomic E-state index is 16.0. The molecule has 3 amide bonds. The molecule has 5 fully saturated rings. The maximum atomic E-state index is 16.0. The Hall–Kier alpha value is -5.15. The largest absolute Gasteiger partial charge is 0.488 e. The van der Waals surface area contributed by atoms with Crippen molar-refractivity contribution in [1.82, 2.24) is 35.3 Å². The third kappa shape index (κ3) is 7.95. The van der Waals surface area contributed by atoms with Crippen molar-refractivity contribution in [3.05, 3.63) is 59.7 Å². The molecular weight excluding hydrogens is 778 g/mol. The third-order valence-electron chi connectivity index (χ3n) is 14.3. The van der Waals surface area contributed by atoms with Crippen molar-refractivity contribution < 1.29 is 31.1 Å². The van der Waals surface area contributed by atoms with Crippen molar-refractivity contribution in [2.24, 2.45) is 5.92 Å². The first-order chi connectivity index (χ1) is 29.4. The number of anilines is 2. The summed E-state index contributed by atoms with van der Waals surface area (Å²) in [7, 11) is 0. The Morgan fingerprint density at radius 2 is 1.66 bits per heavy atom. The van der Waals surface area contributed by atoms with Crippen molar-refractivity contribution >= 4 is 40.1 Å². The van der Waals surface area contributed by atoms with Crippen LogP contribution in [0.3, 0.4) is 0 Å². The van der Waals surface area contributed by atoms with Crippen LogP contribution in [0.15, 0.2) is 42.7 Å². The van der Waals surface area contributed by atoms with Crippen LogP contribution in [0.5, 0.6) is 5.75 Å². The summed E-state index contributed by atoms with van der Waals surface area (Å²) in [6, 6.07) is 10.8. The van der Waals surface area contributed by atoms with Gasteiger partial charge >= 0.3 is 0 Å². The lowest BCUT2D eigenvalue weighted by Gasteiger charge is -2.48. The van der Waals surface area contributed by atoms with E-state index in [1.807, 2.05) is 18.2 Å². The number of nitrogens with one attached hydrogen (secondary N) is 2. The van der Waals surface area contributed by atoms with E-state index in [0.29, 0.717) is 22.7 Å². The van der Waals surface area contributed by atoms with Gasteiger partial charge in [0, 0.05) is 76.7 Å². The van der Waals surface area contributed by atoms with Gasteiger partial charge in [-0.1, -0.05) is 0 Å². The molecule has 5 aliphatic heterocycles. The standard InChI is InChI=1S/C46H56FN9O5.2H2/c1-45(2)24-31(60-29-12-19-54(20-13-29)39-23-36(48-27-49-39)42-33-22-30(61-46(3)15-16-46)4-6-35(33)51-52-42)14-21-55(45)25-28-10-17-53(18-11-28)37-7-5-32-34(41(37)47)26-56(44(32)59)38-8-9-40(57)50-43(38)58;;/h4-7,22-23,27-29,31,38H,8-21,24-26H2,1-3H3,(H,51,52)(H,50,57,58);2*1H/t31-,38?;;/m1../s1. The smallest absolute Gasteiger partial charge is 0.255 e. The Labute approximate surface area is 358 Å². The number of hydrogen-bond acceptors (Lipinski definition) is 11. The number of aromatic nitrogens is 4. The molecule has 2 aromatic heterocycles. The molecule has 2 aromatic carbocycles.